The molecule has 6 heteroatoms. The normalized spacial score (nSPS) is 17.7. The van der Waals surface area contributed by atoms with Crippen LogP contribution in [0.3, 0.4) is 0 Å². The largest absolute Gasteiger partial charge is 0.496 e. The van der Waals surface area contributed by atoms with Crippen LogP contribution < -0.4 is 15.4 Å². The minimum atomic E-state index is 0. The monoisotopic (exact) mass is 474 g/mol. The number of ether oxygens (including phenoxy) is 1. The van der Waals surface area contributed by atoms with Crippen molar-refractivity contribution in [3.05, 3.63) is 29.3 Å². The number of likely N-dealkylation sites (tertiary alicyclic amines) is 1. The molecule has 0 spiro atoms. The predicted molar refractivity (Wildman–Crippen MR) is 121 cm³/mol. The Kier molecular flexibility index (Phi) is 11.0. The van der Waals surface area contributed by atoms with E-state index in [9.17, 15) is 0 Å². The first-order chi connectivity index (χ1) is 12.2. The second-order valence-electron chi connectivity index (χ2n) is 6.76. The number of nitrogens with zero attached hydrogens (tertiary/aromatic N) is 2. The van der Waals surface area contributed by atoms with Gasteiger partial charge in [-0.3, -0.25) is 4.99 Å². The van der Waals surface area contributed by atoms with Gasteiger partial charge in [0.25, 0.3) is 0 Å². The molecule has 0 bridgehead atoms. The Balaban J connectivity index is 0.00000338. The van der Waals surface area contributed by atoms with Gasteiger partial charge in [0.05, 0.1) is 7.11 Å². The lowest BCUT2D eigenvalue weighted by molar-refractivity contribution is 0.343. The molecule has 5 nitrogen and oxygen atoms in total. The van der Waals surface area contributed by atoms with Crippen LogP contribution in [-0.2, 0) is 6.42 Å². The van der Waals surface area contributed by atoms with Crippen LogP contribution in [0.25, 0.3) is 0 Å². The molecule has 1 heterocycles. The summed E-state index contributed by atoms with van der Waals surface area (Å²) in [6.45, 7) is 12.6. The van der Waals surface area contributed by atoms with Gasteiger partial charge >= 0.3 is 0 Å². The summed E-state index contributed by atoms with van der Waals surface area (Å²) in [5.41, 5.74) is 2.50. The molecule has 1 unspecified atom stereocenters. The molecule has 1 atom stereocenters. The summed E-state index contributed by atoms with van der Waals surface area (Å²) < 4.78 is 5.46. The zero-order valence-corrected chi connectivity index (χ0v) is 19.0. The second-order valence-corrected chi connectivity index (χ2v) is 6.76. The summed E-state index contributed by atoms with van der Waals surface area (Å²) in [6, 6.07) is 6.33. The maximum atomic E-state index is 5.46. The average Bonchev–Trinajstić information content (AvgIpc) is 3.08. The third-order valence-electron chi connectivity index (χ3n) is 4.79. The van der Waals surface area contributed by atoms with Crippen molar-refractivity contribution in [2.45, 2.75) is 33.6 Å². The molecule has 1 aromatic rings. The van der Waals surface area contributed by atoms with E-state index in [2.05, 4.69) is 48.4 Å². The quantitative estimate of drug-likeness (QED) is 0.346. The fourth-order valence-corrected chi connectivity index (χ4v) is 3.33. The van der Waals surface area contributed by atoms with Crippen molar-refractivity contribution in [2.75, 3.05) is 46.4 Å². The topological polar surface area (TPSA) is 48.9 Å². The number of nitrogens with one attached hydrogen (secondary N) is 2. The van der Waals surface area contributed by atoms with Gasteiger partial charge in [-0.15, -0.1) is 24.0 Å². The van der Waals surface area contributed by atoms with Crippen molar-refractivity contribution < 1.29 is 4.74 Å². The number of halogens is 1. The van der Waals surface area contributed by atoms with Crippen molar-refractivity contribution >= 4 is 29.9 Å². The molecule has 1 fully saturated rings. The maximum absolute atomic E-state index is 5.46. The van der Waals surface area contributed by atoms with Gasteiger partial charge in [-0.2, -0.15) is 0 Å². The number of rotatable bonds is 8. The van der Waals surface area contributed by atoms with Crippen LogP contribution in [0, 0.1) is 12.8 Å². The van der Waals surface area contributed by atoms with E-state index in [0.717, 1.165) is 44.3 Å². The number of hydrogen-bond donors (Lipinski definition) is 2. The lowest BCUT2D eigenvalue weighted by atomic mass is 10.1. The Morgan fingerprint density at radius 1 is 1.31 bits per heavy atom. The molecule has 0 aliphatic carbocycles. The van der Waals surface area contributed by atoms with Crippen LogP contribution in [0.2, 0.25) is 0 Å². The average molecular weight is 474 g/mol. The van der Waals surface area contributed by atoms with Crippen LogP contribution in [0.5, 0.6) is 5.75 Å². The molecule has 1 aromatic carbocycles. The van der Waals surface area contributed by atoms with Gasteiger partial charge in [-0.05, 0) is 57.3 Å². The van der Waals surface area contributed by atoms with Gasteiger partial charge in [0.2, 0.25) is 0 Å². The first kappa shape index (κ1) is 23.0. The first-order valence-corrected chi connectivity index (χ1v) is 9.54. The van der Waals surface area contributed by atoms with Gasteiger partial charge in [0, 0.05) is 26.2 Å². The van der Waals surface area contributed by atoms with E-state index in [-0.39, 0.29) is 24.0 Å². The molecule has 0 amide bonds. The minimum Gasteiger partial charge on any atom is -0.496 e. The summed E-state index contributed by atoms with van der Waals surface area (Å²) >= 11 is 0. The highest BCUT2D eigenvalue weighted by Gasteiger charge is 2.20. The smallest absolute Gasteiger partial charge is 0.191 e. The standard InChI is InChI=1S/C20H34N4O.HI/c1-5-21-20(23-14-17-10-12-24(6-2)15-17)22-11-9-18-13-16(3)7-8-19(18)25-4;/h7-8,13,17H,5-6,9-12,14-15H2,1-4H3,(H2,21,22,23);1H. The first-order valence-electron chi connectivity index (χ1n) is 9.54. The van der Waals surface area contributed by atoms with Crippen molar-refractivity contribution in [2.24, 2.45) is 10.9 Å². The van der Waals surface area contributed by atoms with Gasteiger partial charge in [0.15, 0.2) is 5.96 Å². The van der Waals surface area contributed by atoms with Crippen LogP contribution in [0.15, 0.2) is 23.2 Å². The zero-order valence-electron chi connectivity index (χ0n) is 16.7. The fraction of sp³-hybridized carbons (Fsp3) is 0.650. The Hall–Kier alpha value is -1.02. The molecule has 1 aliphatic heterocycles. The van der Waals surface area contributed by atoms with Gasteiger partial charge in [0.1, 0.15) is 5.75 Å². The lowest BCUT2D eigenvalue weighted by Crippen LogP contribution is -2.38. The van der Waals surface area contributed by atoms with E-state index >= 15 is 0 Å². The zero-order chi connectivity index (χ0) is 18.1. The maximum Gasteiger partial charge on any atom is 0.191 e. The Labute approximate surface area is 176 Å². The summed E-state index contributed by atoms with van der Waals surface area (Å²) in [5.74, 6) is 2.57. The summed E-state index contributed by atoms with van der Waals surface area (Å²) in [5, 5.41) is 6.81. The van der Waals surface area contributed by atoms with Gasteiger partial charge in [-0.1, -0.05) is 24.6 Å². The molecule has 0 saturated carbocycles. The highest BCUT2D eigenvalue weighted by Crippen LogP contribution is 2.19. The van der Waals surface area contributed by atoms with E-state index in [0.29, 0.717) is 5.92 Å². The van der Waals surface area contributed by atoms with Crippen LogP contribution >= 0.6 is 24.0 Å². The molecule has 26 heavy (non-hydrogen) atoms. The van der Waals surface area contributed by atoms with Crippen molar-refractivity contribution in [3.8, 4) is 5.75 Å². The Morgan fingerprint density at radius 2 is 2.12 bits per heavy atom. The minimum absolute atomic E-state index is 0. The third kappa shape index (κ3) is 7.31. The SMILES string of the molecule is CCNC(=NCC1CCN(CC)C1)NCCc1cc(C)ccc1OC.I. The number of hydrogen-bond acceptors (Lipinski definition) is 3. The van der Waals surface area contributed by atoms with Crippen molar-refractivity contribution in [1.29, 1.82) is 0 Å². The van der Waals surface area contributed by atoms with Gasteiger partial charge in [-0.25, -0.2) is 0 Å². The molecule has 0 radical (unpaired) electrons. The molecule has 1 saturated heterocycles. The van der Waals surface area contributed by atoms with E-state index in [1.165, 1.54) is 30.6 Å². The predicted octanol–water partition coefficient (Wildman–Crippen LogP) is 3.06. The van der Waals surface area contributed by atoms with E-state index in [1.807, 2.05) is 6.07 Å². The third-order valence-corrected chi connectivity index (χ3v) is 4.79. The van der Waals surface area contributed by atoms with Crippen LogP contribution in [0.4, 0.5) is 0 Å². The molecule has 148 valence electrons. The van der Waals surface area contributed by atoms with E-state index in [4.69, 9.17) is 9.73 Å². The molecule has 0 aromatic heterocycles. The van der Waals surface area contributed by atoms with Crippen molar-refractivity contribution in [1.82, 2.24) is 15.5 Å². The summed E-state index contributed by atoms with van der Waals surface area (Å²) in [6.07, 6.45) is 2.18. The Bertz CT molecular complexity index is 565. The number of aryl methyl sites for hydroxylation is 1. The molecule has 2 N–H and O–H groups in total. The van der Waals surface area contributed by atoms with E-state index < -0.39 is 0 Å². The van der Waals surface area contributed by atoms with Gasteiger partial charge < -0.3 is 20.3 Å². The van der Waals surface area contributed by atoms with E-state index in [1.54, 1.807) is 7.11 Å². The van der Waals surface area contributed by atoms with Crippen LogP contribution in [0.1, 0.15) is 31.4 Å². The Morgan fingerprint density at radius 3 is 2.77 bits per heavy atom. The summed E-state index contributed by atoms with van der Waals surface area (Å²) in [7, 11) is 1.73. The summed E-state index contributed by atoms with van der Waals surface area (Å²) in [4.78, 5) is 7.30. The fourth-order valence-electron chi connectivity index (χ4n) is 3.33. The molecule has 2 rings (SSSR count). The van der Waals surface area contributed by atoms with Crippen molar-refractivity contribution in [3.63, 3.8) is 0 Å². The highest BCUT2D eigenvalue weighted by atomic mass is 127. The number of methoxy groups -OCH3 is 1. The second kappa shape index (κ2) is 12.4. The number of benzene rings is 1. The van der Waals surface area contributed by atoms with Crippen LogP contribution in [-0.4, -0.2) is 57.2 Å². The number of aliphatic imine (C=N–C) groups is 1. The lowest BCUT2D eigenvalue weighted by Gasteiger charge is -2.15. The molecule has 1 aliphatic rings. The highest BCUT2D eigenvalue weighted by molar-refractivity contribution is 14.0. The molecular formula is C20H35IN4O. The number of guanidine groups is 1. The molecular weight excluding hydrogens is 439 g/mol.